The minimum absolute atomic E-state index is 0.0699. The first kappa shape index (κ1) is 12.6. The van der Waals surface area contributed by atoms with E-state index in [0.29, 0.717) is 6.54 Å². The average molecular weight is 246 g/mol. The Morgan fingerprint density at radius 3 is 3.00 bits per heavy atom. The summed E-state index contributed by atoms with van der Waals surface area (Å²) in [5.74, 6) is 0.885. The lowest BCUT2D eigenvalue weighted by molar-refractivity contribution is -0.128. The predicted molar refractivity (Wildman–Crippen MR) is 69.3 cm³/mol. The molecule has 1 aromatic heterocycles. The van der Waals surface area contributed by atoms with Crippen LogP contribution in [0.15, 0.2) is 36.7 Å². The number of hydrogen-bond acceptors (Lipinski definition) is 3. The monoisotopic (exact) mass is 246 g/mol. The molecule has 96 valence electrons. The van der Waals surface area contributed by atoms with Crippen LogP contribution in [0.4, 0.5) is 0 Å². The molecule has 4 heteroatoms. The summed E-state index contributed by atoms with van der Waals surface area (Å²) in [6.07, 6.45) is 8.85. The van der Waals surface area contributed by atoms with Crippen molar-refractivity contribution in [3.8, 4) is 5.75 Å². The third-order valence-electron chi connectivity index (χ3n) is 2.95. The van der Waals surface area contributed by atoms with Gasteiger partial charge < -0.3 is 9.64 Å². The molecule has 2 rings (SSSR count). The average Bonchev–Trinajstić information content (AvgIpc) is 2.40. The Kier molecular flexibility index (Phi) is 4.34. The van der Waals surface area contributed by atoms with E-state index in [2.05, 4.69) is 4.98 Å². The second kappa shape index (κ2) is 6.19. The van der Waals surface area contributed by atoms with Gasteiger partial charge in [0.2, 0.25) is 5.91 Å². The van der Waals surface area contributed by atoms with Crippen LogP contribution in [-0.2, 0) is 4.79 Å². The summed E-state index contributed by atoms with van der Waals surface area (Å²) in [6.45, 7) is 3.33. The van der Waals surface area contributed by atoms with Gasteiger partial charge in [0.1, 0.15) is 11.9 Å². The molecule has 1 aliphatic rings. The van der Waals surface area contributed by atoms with E-state index in [4.69, 9.17) is 4.74 Å². The molecule has 4 nitrogen and oxygen atoms in total. The molecule has 0 aliphatic carbocycles. The van der Waals surface area contributed by atoms with Crippen molar-refractivity contribution in [2.75, 3.05) is 13.1 Å². The minimum atomic E-state index is 0.0699. The molecule has 0 aromatic carbocycles. The van der Waals surface area contributed by atoms with Gasteiger partial charge in [-0.2, -0.15) is 0 Å². The Hall–Kier alpha value is -1.84. The molecule has 1 atom stereocenters. The van der Waals surface area contributed by atoms with E-state index in [-0.39, 0.29) is 12.0 Å². The number of pyridine rings is 1. The number of aromatic nitrogens is 1. The first-order valence-electron chi connectivity index (χ1n) is 6.28. The molecule has 0 unspecified atom stereocenters. The van der Waals surface area contributed by atoms with Crippen molar-refractivity contribution in [2.45, 2.75) is 25.9 Å². The number of carbonyl (C=O) groups excluding carboxylic acids is 1. The van der Waals surface area contributed by atoms with Crippen LogP contribution < -0.4 is 4.74 Å². The van der Waals surface area contributed by atoms with Crippen LogP contribution in [-0.4, -0.2) is 35.0 Å². The SMILES string of the molecule is C/C=C/C(=O)N1CCC[C@@H](Oc2ccncc2)C1. The molecule has 1 amide bonds. The molecule has 1 fully saturated rings. The number of rotatable bonds is 3. The molecule has 1 saturated heterocycles. The standard InChI is InChI=1S/C14H18N2O2/c1-2-4-14(17)16-10-3-5-13(11-16)18-12-6-8-15-9-7-12/h2,4,6-9,13H,3,5,10-11H2,1H3/b4-2+/t13-/m1/s1. The first-order valence-corrected chi connectivity index (χ1v) is 6.28. The van der Waals surface area contributed by atoms with Crippen LogP contribution in [0, 0.1) is 0 Å². The number of amides is 1. The lowest BCUT2D eigenvalue weighted by Gasteiger charge is -2.32. The van der Waals surface area contributed by atoms with Crippen molar-refractivity contribution in [1.82, 2.24) is 9.88 Å². The molecule has 2 heterocycles. The maximum atomic E-state index is 11.8. The van der Waals surface area contributed by atoms with E-state index in [0.717, 1.165) is 25.1 Å². The Morgan fingerprint density at radius 2 is 2.28 bits per heavy atom. The number of likely N-dealkylation sites (tertiary alicyclic amines) is 1. The Labute approximate surface area is 107 Å². The van der Waals surface area contributed by atoms with Gasteiger partial charge in [-0.1, -0.05) is 6.08 Å². The summed E-state index contributed by atoms with van der Waals surface area (Å²) in [6, 6.07) is 3.68. The summed E-state index contributed by atoms with van der Waals surface area (Å²) in [5.41, 5.74) is 0. The van der Waals surface area contributed by atoms with Gasteiger partial charge >= 0.3 is 0 Å². The van der Waals surface area contributed by atoms with Gasteiger partial charge in [0.15, 0.2) is 0 Å². The lowest BCUT2D eigenvalue weighted by atomic mass is 10.1. The fourth-order valence-electron chi connectivity index (χ4n) is 2.09. The molecule has 18 heavy (non-hydrogen) atoms. The number of hydrogen-bond donors (Lipinski definition) is 0. The molecule has 0 saturated carbocycles. The predicted octanol–water partition coefficient (Wildman–Crippen LogP) is 2.03. The Bertz CT molecular complexity index is 417. The van der Waals surface area contributed by atoms with E-state index in [1.165, 1.54) is 0 Å². The fourth-order valence-corrected chi connectivity index (χ4v) is 2.09. The zero-order chi connectivity index (χ0) is 12.8. The summed E-state index contributed by atoms with van der Waals surface area (Å²) in [4.78, 5) is 17.6. The fraction of sp³-hybridized carbons (Fsp3) is 0.429. The van der Waals surface area contributed by atoms with Crippen LogP contribution in [0.25, 0.3) is 0 Å². The largest absolute Gasteiger partial charge is 0.488 e. The molecule has 1 aromatic rings. The van der Waals surface area contributed by atoms with E-state index in [1.54, 1.807) is 24.5 Å². The Morgan fingerprint density at radius 1 is 1.50 bits per heavy atom. The van der Waals surface area contributed by atoms with Gasteiger partial charge in [-0.15, -0.1) is 0 Å². The molecule has 1 aliphatic heterocycles. The van der Waals surface area contributed by atoms with Gasteiger partial charge in [-0.3, -0.25) is 9.78 Å². The third-order valence-corrected chi connectivity index (χ3v) is 2.95. The van der Waals surface area contributed by atoms with Crippen LogP contribution >= 0.6 is 0 Å². The summed E-state index contributed by atoms with van der Waals surface area (Å²) < 4.78 is 5.86. The van der Waals surface area contributed by atoms with Crippen molar-refractivity contribution >= 4 is 5.91 Å². The molecule has 0 N–H and O–H groups in total. The zero-order valence-electron chi connectivity index (χ0n) is 10.6. The van der Waals surface area contributed by atoms with Crippen LogP contribution in [0.1, 0.15) is 19.8 Å². The summed E-state index contributed by atoms with van der Waals surface area (Å²) in [7, 11) is 0. The van der Waals surface area contributed by atoms with Gasteiger partial charge in [-0.25, -0.2) is 0 Å². The lowest BCUT2D eigenvalue weighted by Crippen LogP contribution is -2.43. The number of carbonyl (C=O) groups is 1. The van der Waals surface area contributed by atoms with Crippen molar-refractivity contribution in [3.05, 3.63) is 36.7 Å². The number of nitrogens with zero attached hydrogens (tertiary/aromatic N) is 2. The maximum Gasteiger partial charge on any atom is 0.246 e. The topological polar surface area (TPSA) is 42.4 Å². The number of piperidine rings is 1. The molecular formula is C14H18N2O2. The number of ether oxygens (including phenoxy) is 1. The van der Waals surface area contributed by atoms with Crippen molar-refractivity contribution in [3.63, 3.8) is 0 Å². The molecule has 0 radical (unpaired) electrons. The third kappa shape index (κ3) is 3.32. The van der Waals surface area contributed by atoms with Gasteiger partial charge in [0.25, 0.3) is 0 Å². The summed E-state index contributed by atoms with van der Waals surface area (Å²) >= 11 is 0. The van der Waals surface area contributed by atoms with Crippen molar-refractivity contribution in [2.24, 2.45) is 0 Å². The highest BCUT2D eigenvalue weighted by Gasteiger charge is 2.23. The quantitative estimate of drug-likeness (QED) is 0.766. The van der Waals surface area contributed by atoms with Crippen LogP contribution in [0.5, 0.6) is 5.75 Å². The highest BCUT2D eigenvalue weighted by Crippen LogP contribution is 2.17. The van der Waals surface area contributed by atoms with Crippen molar-refractivity contribution < 1.29 is 9.53 Å². The Balaban J connectivity index is 1.93. The van der Waals surface area contributed by atoms with E-state index >= 15 is 0 Å². The number of allylic oxidation sites excluding steroid dienone is 1. The van der Waals surface area contributed by atoms with Gasteiger partial charge in [0, 0.05) is 18.9 Å². The maximum absolute atomic E-state index is 11.8. The molecule has 0 spiro atoms. The highest BCUT2D eigenvalue weighted by atomic mass is 16.5. The first-order chi connectivity index (χ1) is 8.79. The zero-order valence-corrected chi connectivity index (χ0v) is 10.6. The second-order valence-electron chi connectivity index (χ2n) is 4.35. The van der Waals surface area contributed by atoms with E-state index in [1.807, 2.05) is 24.0 Å². The second-order valence-corrected chi connectivity index (χ2v) is 4.35. The van der Waals surface area contributed by atoms with Crippen molar-refractivity contribution in [1.29, 1.82) is 0 Å². The van der Waals surface area contributed by atoms with Gasteiger partial charge in [0.05, 0.1) is 6.54 Å². The van der Waals surface area contributed by atoms with Crippen LogP contribution in [0.2, 0.25) is 0 Å². The molecule has 0 bridgehead atoms. The normalized spacial score (nSPS) is 20.1. The van der Waals surface area contributed by atoms with Gasteiger partial charge in [-0.05, 0) is 38.0 Å². The summed E-state index contributed by atoms with van der Waals surface area (Å²) in [5, 5.41) is 0. The van der Waals surface area contributed by atoms with E-state index in [9.17, 15) is 4.79 Å². The van der Waals surface area contributed by atoms with E-state index < -0.39 is 0 Å². The highest BCUT2D eigenvalue weighted by molar-refractivity contribution is 5.87. The molecular weight excluding hydrogens is 228 g/mol. The smallest absolute Gasteiger partial charge is 0.246 e. The minimum Gasteiger partial charge on any atom is -0.488 e. The van der Waals surface area contributed by atoms with Crippen LogP contribution in [0.3, 0.4) is 0 Å².